The normalized spacial score (nSPS) is 13.5. The Bertz CT molecular complexity index is 1200. The van der Waals surface area contributed by atoms with Gasteiger partial charge in [-0.2, -0.15) is 0 Å². The molecule has 0 heterocycles. The van der Waals surface area contributed by atoms with Crippen molar-refractivity contribution in [1.82, 2.24) is 0 Å². The van der Waals surface area contributed by atoms with E-state index in [0.29, 0.717) is 28.3 Å². The molecule has 3 aromatic rings. The smallest absolute Gasteiger partial charge is 0.227 e. The maximum absolute atomic E-state index is 12.9. The van der Waals surface area contributed by atoms with Crippen LogP contribution in [0.25, 0.3) is 0 Å². The lowest BCUT2D eigenvalue weighted by Gasteiger charge is -2.21. The molecule has 0 spiro atoms. The maximum Gasteiger partial charge on any atom is 0.227 e. The summed E-state index contributed by atoms with van der Waals surface area (Å²) in [4.78, 5) is 12.9. The van der Waals surface area contributed by atoms with E-state index < -0.39 is 0 Å². The second kappa shape index (κ2) is 12.1. The molecule has 0 unspecified atom stereocenters. The van der Waals surface area contributed by atoms with Crippen LogP contribution in [0.5, 0.6) is 11.5 Å². The van der Waals surface area contributed by atoms with Gasteiger partial charge in [-0.15, -0.1) is 0 Å². The summed E-state index contributed by atoms with van der Waals surface area (Å²) in [6.45, 7) is 0.530. The topological polar surface area (TPSA) is 147 Å². The number of carbonyl (C=O) groups is 1. The average Bonchev–Trinajstić information content (AvgIpc) is 2.91. The number of nitrogens with one attached hydrogen (secondary N) is 3. The Morgan fingerprint density at radius 1 is 0.784 bits per heavy atom. The molecule has 0 atom stereocenters. The van der Waals surface area contributed by atoms with E-state index in [4.69, 9.17) is 31.8 Å². The molecule has 0 radical (unpaired) electrons. The largest absolute Gasteiger partial charge is 0.489 e. The first-order valence-electron chi connectivity index (χ1n) is 12.5. The monoisotopic (exact) mass is 499 g/mol. The Morgan fingerprint density at radius 3 is 1.78 bits per heavy atom. The first-order valence-corrected chi connectivity index (χ1v) is 12.5. The molecule has 1 aliphatic rings. The lowest BCUT2D eigenvalue weighted by atomic mass is 9.88. The van der Waals surface area contributed by atoms with Crippen LogP contribution >= 0.6 is 0 Å². The maximum atomic E-state index is 12.9. The number of rotatable bonds is 10. The zero-order valence-corrected chi connectivity index (χ0v) is 20.8. The minimum atomic E-state index is -0.00111. The highest BCUT2D eigenvalue weighted by atomic mass is 16.5. The standard InChI is InChI=1S/C29H33N5O3/c30-27(31)22-10-4-6-19(12-22)17-36-25-14-24(34-29(35)21-8-2-1-3-9-21)15-26(16-25)37-18-20-7-5-11-23(13-20)28(32)33/h4-7,10-16,21H,1-3,8-9,17-18H2,(H3,30,31)(H3,32,33)(H,34,35). The first kappa shape index (κ1) is 25.8. The molecule has 1 aliphatic carbocycles. The number of amidine groups is 2. The number of anilines is 1. The van der Waals surface area contributed by atoms with Crippen molar-refractivity contribution < 1.29 is 14.3 Å². The molecule has 0 bridgehead atoms. The first-order chi connectivity index (χ1) is 17.9. The number of amides is 1. The molecule has 1 saturated carbocycles. The van der Waals surface area contributed by atoms with Gasteiger partial charge in [0, 0.05) is 40.9 Å². The molecule has 0 saturated heterocycles. The van der Waals surface area contributed by atoms with Crippen molar-refractivity contribution in [3.05, 3.63) is 89.0 Å². The van der Waals surface area contributed by atoms with Crippen molar-refractivity contribution >= 4 is 23.3 Å². The van der Waals surface area contributed by atoms with Crippen molar-refractivity contribution in [2.24, 2.45) is 17.4 Å². The highest BCUT2D eigenvalue weighted by Crippen LogP contribution is 2.30. The molecule has 0 aliphatic heterocycles. The van der Waals surface area contributed by atoms with E-state index in [1.807, 2.05) is 36.4 Å². The highest BCUT2D eigenvalue weighted by molar-refractivity contribution is 5.95. The summed E-state index contributed by atoms with van der Waals surface area (Å²) in [5.74, 6) is 1.12. The van der Waals surface area contributed by atoms with Gasteiger partial charge in [0.15, 0.2) is 0 Å². The van der Waals surface area contributed by atoms with Gasteiger partial charge >= 0.3 is 0 Å². The number of ether oxygens (including phenoxy) is 2. The van der Waals surface area contributed by atoms with Crippen LogP contribution in [-0.4, -0.2) is 17.6 Å². The summed E-state index contributed by atoms with van der Waals surface area (Å²) < 4.78 is 12.1. The van der Waals surface area contributed by atoms with Crippen molar-refractivity contribution in [2.45, 2.75) is 45.3 Å². The van der Waals surface area contributed by atoms with Crippen LogP contribution in [0.2, 0.25) is 0 Å². The summed E-state index contributed by atoms with van der Waals surface area (Å²) in [6, 6.07) is 20.0. The summed E-state index contributed by atoms with van der Waals surface area (Å²) in [7, 11) is 0. The Labute approximate surface area is 217 Å². The van der Waals surface area contributed by atoms with E-state index in [1.165, 1.54) is 6.42 Å². The van der Waals surface area contributed by atoms with Gasteiger partial charge in [0.2, 0.25) is 5.91 Å². The second-order valence-electron chi connectivity index (χ2n) is 9.32. The van der Waals surface area contributed by atoms with Crippen molar-refractivity contribution in [3.8, 4) is 11.5 Å². The van der Waals surface area contributed by atoms with E-state index in [9.17, 15) is 4.79 Å². The van der Waals surface area contributed by atoms with E-state index in [0.717, 1.165) is 36.8 Å². The summed E-state index contributed by atoms with van der Waals surface area (Å²) >= 11 is 0. The molecule has 7 N–H and O–H groups in total. The van der Waals surface area contributed by atoms with Gasteiger partial charge in [-0.25, -0.2) is 0 Å². The molecular formula is C29H33N5O3. The lowest BCUT2D eigenvalue weighted by Crippen LogP contribution is -2.24. The van der Waals surface area contributed by atoms with Gasteiger partial charge in [0.05, 0.1) is 0 Å². The number of nitrogens with two attached hydrogens (primary N) is 2. The number of hydrogen-bond acceptors (Lipinski definition) is 5. The van der Waals surface area contributed by atoms with Crippen LogP contribution in [0.1, 0.15) is 54.4 Å². The van der Waals surface area contributed by atoms with Crippen LogP contribution in [0.3, 0.4) is 0 Å². The minimum Gasteiger partial charge on any atom is -0.489 e. The van der Waals surface area contributed by atoms with Crippen LogP contribution in [0, 0.1) is 16.7 Å². The van der Waals surface area contributed by atoms with Gasteiger partial charge in [-0.1, -0.05) is 55.7 Å². The Morgan fingerprint density at radius 2 is 1.30 bits per heavy atom. The van der Waals surface area contributed by atoms with Crippen LogP contribution in [-0.2, 0) is 18.0 Å². The molecule has 4 rings (SSSR count). The SMILES string of the molecule is N=C(N)c1cccc(COc2cc(NC(=O)C3CCCCC3)cc(OCc3cccc(C(=N)N)c3)c2)c1. The molecule has 0 aromatic heterocycles. The predicted molar refractivity (Wildman–Crippen MR) is 145 cm³/mol. The molecule has 3 aromatic carbocycles. The number of hydrogen-bond donors (Lipinski definition) is 5. The van der Waals surface area contributed by atoms with Crippen molar-refractivity contribution in [2.75, 3.05) is 5.32 Å². The van der Waals surface area contributed by atoms with Gasteiger partial charge in [-0.05, 0) is 36.1 Å². The lowest BCUT2D eigenvalue weighted by molar-refractivity contribution is -0.120. The molecule has 192 valence electrons. The molecule has 1 amide bonds. The number of benzene rings is 3. The molecular weight excluding hydrogens is 466 g/mol. The van der Waals surface area contributed by atoms with E-state index in [-0.39, 0.29) is 36.7 Å². The summed E-state index contributed by atoms with van der Waals surface area (Å²) in [6.07, 6.45) is 5.15. The fourth-order valence-corrected chi connectivity index (χ4v) is 4.41. The highest BCUT2D eigenvalue weighted by Gasteiger charge is 2.21. The molecule has 8 nitrogen and oxygen atoms in total. The van der Waals surface area contributed by atoms with E-state index >= 15 is 0 Å². The van der Waals surface area contributed by atoms with Crippen molar-refractivity contribution in [3.63, 3.8) is 0 Å². The third-order valence-corrected chi connectivity index (χ3v) is 6.41. The van der Waals surface area contributed by atoms with Crippen LogP contribution < -0.4 is 26.3 Å². The number of nitrogen functional groups attached to an aromatic ring is 2. The van der Waals surface area contributed by atoms with E-state index in [1.54, 1.807) is 30.3 Å². The Hall–Kier alpha value is -4.33. The van der Waals surface area contributed by atoms with Crippen molar-refractivity contribution in [1.29, 1.82) is 10.8 Å². The fraction of sp³-hybridized carbons (Fsp3) is 0.276. The Balaban J connectivity index is 1.52. The van der Waals surface area contributed by atoms with E-state index in [2.05, 4.69) is 5.32 Å². The molecule has 37 heavy (non-hydrogen) atoms. The minimum absolute atomic E-state index is 0.00111. The number of carbonyl (C=O) groups excluding carboxylic acids is 1. The Kier molecular flexibility index (Phi) is 8.40. The fourth-order valence-electron chi connectivity index (χ4n) is 4.41. The quantitative estimate of drug-likeness (QED) is 0.198. The third-order valence-electron chi connectivity index (χ3n) is 6.41. The average molecular weight is 500 g/mol. The molecule has 8 heteroatoms. The second-order valence-corrected chi connectivity index (χ2v) is 9.32. The zero-order valence-electron chi connectivity index (χ0n) is 20.8. The third kappa shape index (κ3) is 7.33. The molecule has 1 fully saturated rings. The summed E-state index contributed by atoms with van der Waals surface area (Å²) in [5, 5.41) is 18.3. The predicted octanol–water partition coefficient (Wildman–Crippen LogP) is 4.93. The zero-order chi connectivity index (χ0) is 26.2. The van der Waals surface area contributed by atoms with Crippen LogP contribution in [0.15, 0.2) is 66.7 Å². The van der Waals surface area contributed by atoms with Crippen LogP contribution in [0.4, 0.5) is 5.69 Å². The van der Waals surface area contributed by atoms with Gasteiger partial charge < -0.3 is 26.3 Å². The van der Waals surface area contributed by atoms with Gasteiger partial charge in [0.25, 0.3) is 0 Å². The summed E-state index contributed by atoms with van der Waals surface area (Å²) in [5.41, 5.74) is 14.8. The van der Waals surface area contributed by atoms with Gasteiger partial charge in [-0.3, -0.25) is 15.6 Å². The van der Waals surface area contributed by atoms with Gasteiger partial charge in [0.1, 0.15) is 36.4 Å².